The molecule has 0 spiro atoms. The van der Waals surface area contributed by atoms with Crippen molar-refractivity contribution in [1.82, 2.24) is 14.8 Å². The van der Waals surface area contributed by atoms with E-state index in [1.54, 1.807) is 0 Å². The molecular formula is C14H16F3N3O. The highest BCUT2D eigenvalue weighted by molar-refractivity contribution is 5.60. The number of halogens is 3. The first-order valence-electron chi connectivity index (χ1n) is 6.36. The van der Waals surface area contributed by atoms with E-state index in [1.807, 2.05) is 26.8 Å². The van der Waals surface area contributed by atoms with Crippen molar-refractivity contribution < 1.29 is 17.9 Å². The molecule has 0 N–H and O–H groups in total. The van der Waals surface area contributed by atoms with Gasteiger partial charge in [-0.05, 0) is 31.9 Å². The van der Waals surface area contributed by atoms with E-state index >= 15 is 0 Å². The van der Waals surface area contributed by atoms with E-state index in [0.717, 1.165) is 16.8 Å². The van der Waals surface area contributed by atoms with Crippen molar-refractivity contribution in [3.05, 3.63) is 29.0 Å². The lowest BCUT2D eigenvalue weighted by Gasteiger charge is -2.08. The van der Waals surface area contributed by atoms with E-state index in [9.17, 15) is 13.2 Å². The van der Waals surface area contributed by atoms with Gasteiger partial charge in [-0.2, -0.15) is 18.3 Å². The maximum Gasteiger partial charge on any atom is 0.422 e. The van der Waals surface area contributed by atoms with Crippen LogP contribution in [0.25, 0.3) is 11.4 Å². The Morgan fingerprint density at radius 3 is 2.43 bits per heavy atom. The zero-order valence-corrected chi connectivity index (χ0v) is 12.2. The Hall–Kier alpha value is -2.05. The van der Waals surface area contributed by atoms with E-state index in [4.69, 9.17) is 4.74 Å². The molecule has 0 aliphatic heterocycles. The number of hydrogen-bond donors (Lipinski definition) is 0. The number of pyridine rings is 1. The molecule has 2 aromatic rings. The molecule has 114 valence electrons. The summed E-state index contributed by atoms with van der Waals surface area (Å²) in [6, 6.07) is 3.44. The first-order chi connectivity index (χ1) is 9.67. The second kappa shape index (κ2) is 5.38. The van der Waals surface area contributed by atoms with Gasteiger partial charge in [0.2, 0.25) is 5.88 Å². The SMILES string of the molecule is Cc1cc(C)c(-c2cc(OCC(F)(F)F)n(C)n2)nc1C. The van der Waals surface area contributed by atoms with Gasteiger partial charge in [-0.15, -0.1) is 0 Å². The van der Waals surface area contributed by atoms with E-state index in [1.165, 1.54) is 17.8 Å². The van der Waals surface area contributed by atoms with Crippen LogP contribution in [0, 0.1) is 20.8 Å². The molecule has 0 unspecified atom stereocenters. The average molecular weight is 299 g/mol. The number of aryl methyl sites for hydroxylation is 4. The van der Waals surface area contributed by atoms with E-state index in [-0.39, 0.29) is 5.88 Å². The van der Waals surface area contributed by atoms with Crippen molar-refractivity contribution >= 4 is 0 Å². The fourth-order valence-electron chi connectivity index (χ4n) is 1.96. The molecule has 0 aliphatic carbocycles. The second-order valence-electron chi connectivity index (χ2n) is 4.95. The molecule has 0 radical (unpaired) electrons. The Labute approximate surface area is 120 Å². The van der Waals surface area contributed by atoms with Gasteiger partial charge >= 0.3 is 6.18 Å². The first kappa shape index (κ1) is 15.3. The third-order valence-corrected chi connectivity index (χ3v) is 3.12. The van der Waals surface area contributed by atoms with Gasteiger partial charge in [0.25, 0.3) is 0 Å². The Morgan fingerprint density at radius 2 is 1.81 bits per heavy atom. The molecule has 0 bridgehead atoms. The van der Waals surface area contributed by atoms with Crippen LogP contribution in [0.3, 0.4) is 0 Å². The van der Waals surface area contributed by atoms with E-state index in [0.29, 0.717) is 11.4 Å². The Kier molecular flexibility index (Phi) is 3.93. The summed E-state index contributed by atoms with van der Waals surface area (Å²) in [6.07, 6.45) is -4.38. The fourth-order valence-corrected chi connectivity index (χ4v) is 1.96. The summed E-state index contributed by atoms with van der Waals surface area (Å²) in [7, 11) is 1.53. The summed E-state index contributed by atoms with van der Waals surface area (Å²) >= 11 is 0. The number of alkyl halides is 3. The van der Waals surface area contributed by atoms with Crippen LogP contribution in [0.1, 0.15) is 16.8 Å². The molecule has 2 aromatic heterocycles. The number of hydrogen-bond acceptors (Lipinski definition) is 3. The molecule has 0 saturated heterocycles. The summed E-state index contributed by atoms with van der Waals surface area (Å²) in [4.78, 5) is 4.45. The molecule has 2 heterocycles. The highest BCUT2D eigenvalue weighted by Gasteiger charge is 2.29. The third-order valence-electron chi connectivity index (χ3n) is 3.12. The van der Waals surface area contributed by atoms with E-state index in [2.05, 4.69) is 10.1 Å². The van der Waals surface area contributed by atoms with Gasteiger partial charge < -0.3 is 4.74 Å². The van der Waals surface area contributed by atoms with Crippen molar-refractivity contribution in [3.63, 3.8) is 0 Å². The molecule has 0 aliphatic rings. The smallest absolute Gasteiger partial charge is 0.422 e. The zero-order valence-electron chi connectivity index (χ0n) is 12.2. The second-order valence-corrected chi connectivity index (χ2v) is 4.95. The average Bonchev–Trinajstić information content (AvgIpc) is 2.72. The number of aromatic nitrogens is 3. The number of ether oxygens (including phenoxy) is 1. The lowest BCUT2D eigenvalue weighted by Crippen LogP contribution is -2.20. The van der Waals surface area contributed by atoms with Crippen LogP contribution < -0.4 is 4.74 Å². The molecule has 4 nitrogen and oxygen atoms in total. The quantitative estimate of drug-likeness (QED) is 0.872. The molecule has 0 saturated carbocycles. The highest BCUT2D eigenvalue weighted by Crippen LogP contribution is 2.26. The standard InChI is InChI=1S/C14H16F3N3O/c1-8-5-9(2)13(18-10(8)3)11-6-12(20(4)19-11)21-7-14(15,16)17/h5-6H,7H2,1-4H3. The summed E-state index contributed by atoms with van der Waals surface area (Å²) in [5, 5.41) is 4.17. The van der Waals surface area contributed by atoms with Gasteiger partial charge in [0.15, 0.2) is 6.61 Å². The first-order valence-corrected chi connectivity index (χ1v) is 6.36. The lowest BCUT2D eigenvalue weighted by atomic mass is 10.1. The topological polar surface area (TPSA) is 39.9 Å². The van der Waals surface area contributed by atoms with Gasteiger partial charge in [0.1, 0.15) is 5.69 Å². The maximum absolute atomic E-state index is 12.2. The van der Waals surface area contributed by atoms with Gasteiger partial charge in [-0.25, -0.2) is 4.68 Å². The maximum atomic E-state index is 12.2. The molecular weight excluding hydrogens is 283 g/mol. The van der Waals surface area contributed by atoms with Crippen LogP contribution in [0.2, 0.25) is 0 Å². The summed E-state index contributed by atoms with van der Waals surface area (Å²) in [5.74, 6) is 0.0572. The summed E-state index contributed by atoms with van der Waals surface area (Å²) in [6.45, 7) is 4.38. The van der Waals surface area contributed by atoms with Crippen LogP contribution in [0.4, 0.5) is 13.2 Å². The van der Waals surface area contributed by atoms with Crippen molar-refractivity contribution in [2.75, 3.05) is 6.61 Å². The van der Waals surface area contributed by atoms with Gasteiger partial charge in [-0.3, -0.25) is 4.98 Å². The van der Waals surface area contributed by atoms with Crippen LogP contribution >= 0.6 is 0 Å². The minimum absolute atomic E-state index is 0.0572. The number of rotatable bonds is 3. The molecule has 7 heteroatoms. The summed E-state index contributed by atoms with van der Waals surface area (Å²) in [5.41, 5.74) is 3.98. The largest absolute Gasteiger partial charge is 0.468 e. The lowest BCUT2D eigenvalue weighted by molar-refractivity contribution is -0.154. The molecule has 0 atom stereocenters. The van der Waals surface area contributed by atoms with Crippen molar-refractivity contribution in [1.29, 1.82) is 0 Å². The third kappa shape index (κ3) is 3.53. The van der Waals surface area contributed by atoms with Crippen LogP contribution in [0.5, 0.6) is 5.88 Å². The Morgan fingerprint density at radius 1 is 1.14 bits per heavy atom. The monoisotopic (exact) mass is 299 g/mol. The summed E-state index contributed by atoms with van der Waals surface area (Å²) < 4.78 is 42.6. The minimum Gasteiger partial charge on any atom is -0.468 e. The van der Waals surface area contributed by atoms with Crippen molar-refractivity contribution in [3.8, 4) is 17.3 Å². The van der Waals surface area contributed by atoms with Gasteiger partial charge in [-0.1, -0.05) is 6.07 Å². The zero-order chi connectivity index (χ0) is 15.8. The minimum atomic E-state index is -4.38. The van der Waals surface area contributed by atoms with Crippen LogP contribution in [-0.4, -0.2) is 27.5 Å². The normalized spacial score (nSPS) is 11.8. The Bertz CT molecular complexity index is 662. The molecule has 0 fully saturated rings. The predicted octanol–water partition coefficient (Wildman–Crippen LogP) is 3.35. The van der Waals surface area contributed by atoms with Gasteiger partial charge in [0.05, 0.1) is 5.69 Å². The van der Waals surface area contributed by atoms with Crippen molar-refractivity contribution in [2.45, 2.75) is 26.9 Å². The fraction of sp³-hybridized carbons (Fsp3) is 0.429. The van der Waals surface area contributed by atoms with Crippen molar-refractivity contribution in [2.24, 2.45) is 7.05 Å². The molecule has 0 amide bonds. The van der Waals surface area contributed by atoms with Gasteiger partial charge in [0, 0.05) is 18.8 Å². The predicted molar refractivity (Wildman–Crippen MR) is 72.2 cm³/mol. The van der Waals surface area contributed by atoms with E-state index < -0.39 is 12.8 Å². The van der Waals surface area contributed by atoms with Crippen LogP contribution in [0.15, 0.2) is 12.1 Å². The van der Waals surface area contributed by atoms with Crippen LogP contribution in [-0.2, 0) is 7.05 Å². The molecule has 0 aromatic carbocycles. The highest BCUT2D eigenvalue weighted by atomic mass is 19.4. The molecule has 2 rings (SSSR count). The Balaban J connectivity index is 2.32. The molecule has 21 heavy (non-hydrogen) atoms. The number of nitrogens with zero attached hydrogens (tertiary/aromatic N) is 3.